The van der Waals surface area contributed by atoms with Crippen LogP contribution in [0.3, 0.4) is 0 Å². The third-order valence-corrected chi connectivity index (χ3v) is 2.27. The van der Waals surface area contributed by atoms with Crippen molar-refractivity contribution in [3.05, 3.63) is 29.8 Å². The van der Waals surface area contributed by atoms with E-state index >= 15 is 0 Å². The van der Waals surface area contributed by atoms with Gasteiger partial charge in [-0.2, -0.15) is 0 Å². The SMILES string of the molecule is CC1C(=O)N(N)c2ccccc21. The fourth-order valence-electron chi connectivity index (χ4n) is 1.53. The molecule has 0 aliphatic carbocycles. The number of hydrogen-bond donors (Lipinski definition) is 1. The van der Waals surface area contributed by atoms with Gasteiger partial charge in [0.1, 0.15) is 0 Å². The second-order valence-corrected chi connectivity index (χ2v) is 2.99. The predicted octanol–water partition coefficient (Wildman–Crippen LogP) is 1.01. The molecule has 0 aromatic heterocycles. The summed E-state index contributed by atoms with van der Waals surface area (Å²) in [5, 5.41) is 1.22. The first-order valence-corrected chi connectivity index (χ1v) is 3.89. The molecule has 0 saturated heterocycles. The molecule has 2 N–H and O–H groups in total. The van der Waals surface area contributed by atoms with Crippen LogP contribution in [0, 0.1) is 0 Å². The average Bonchev–Trinajstić information content (AvgIpc) is 2.33. The molecule has 1 aromatic rings. The quantitative estimate of drug-likeness (QED) is 0.457. The average molecular weight is 162 g/mol. The van der Waals surface area contributed by atoms with E-state index < -0.39 is 0 Å². The molecule has 2 rings (SSSR count). The van der Waals surface area contributed by atoms with Crippen molar-refractivity contribution in [2.24, 2.45) is 5.84 Å². The van der Waals surface area contributed by atoms with E-state index in [1.165, 1.54) is 5.01 Å². The Morgan fingerprint density at radius 2 is 2.08 bits per heavy atom. The second kappa shape index (κ2) is 2.32. The van der Waals surface area contributed by atoms with Crippen molar-refractivity contribution < 1.29 is 4.79 Å². The summed E-state index contributed by atoms with van der Waals surface area (Å²) in [5.74, 6) is 5.44. The Labute approximate surface area is 70.8 Å². The number of benzene rings is 1. The molecular formula is C9H10N2O. The number of nitrogens with zero attached hydrogens (tertiary/aromatic N) is 1. The number of anilines is 1. The summed E-state index contributed by atoms with van der Waals surface area (Å²) < 4.78 is 0. The van der Waals surface area contributed by atoms with Gasteiger partial charge in [0.25, 0.3) is 0 Å². The van der Waals surface area contributed by atoms with Gasteiger partial charge in [-0.1, -0.05) is 18.2 Å². The van der Waals surface area contributed by atoms with E-state index in [9.17, 15) is 4.79 Å². The molecule has 3 heteroatoms. The predicted molar refractivity (Wildman–Crippen MR) is 46.5 cm³/mol. The first-order valence-electron chi connectivity index (χ1n) is 3.89. The van der Waals surface area contributed by atoms with E-state index in [2.05, 4.69) is 0 Å². The molecular weight excluding hydrogens is 152 g/mol. The summed E-state index contributed by atoms with van der Waals surface area (Å²) in [6.07, 6.45) is 0. The number of para-hydroxylation sites is 1. The summed E-state index contributed by atoms with van der Waals surface area (Å²) in [7, 11) is 0. The third-order valence-electron chi connectivity index (χ3n) is 2.27. The molecule has 62 valence electrons. The standard InChI is InChI=1S/C9H10N2O/c1-6-7-4-2-3-5-8(7)11(10)9(6)12/h2-6H,10H2,1H3. The molecule has 1 aromatic carbocycles. The van der Waals surface area contributed by atoms with Gasteiger partial charge in [0.05, 0.1) is 11.6 Å². The van der Waals surface area contributed by atoms with Gasteiger partial charge in [0.15, 0.2) is 0 Å². The Balaban J connectivity index is 2.59. The minimum Gasteiger partial charge on any atom is -0.272 e. The van der Waals surface area contributed by atoms with E-state index in [-0.39, 0.29) is 11.8 Å². The van der Waals surface area contributed by atoms with Crippen LogP contribution < -0.4 is 10.9 Å². The van der Waals surface area contributed by atoms with Crippen molar-refractivity contribution in [2.45, 2.75) is 12.8 Å². The van der Waals surface area contributed by atoms with Gasteiger partial charge in [0.2, 0.25) is 5.91 Å². The van der Waals surface area contributed by atoms with Crippen molar-refractivity contribution in [1.82, 2.24) is 0 Å². The van der Waals surface area contributed by atoms with Gasteiger partial charge in [0, 0.05) is 0 Å². The van der Waals surface area contributed by atoms with Crippen molar-refractivity contribution >= 4 is 11.6 Å². The Hall–Kier alpha value is -1.35. The first kappa shape index (κ1) is 7.31. The van der Waals surface area contributed by atoms with E-state index in [4.69, 9.17) is 5.84 Å². The second-order valence-electron chi connectivity index (χ2n) is 2.99. The molecule has 0 fully saturated rings. The molecule has 1 aliphatic heterocycles. The molecule has 1 aliphatic rings. The van der Waals surface area contributed by atoms with Gasteiger partial charge in [-0.25, -0.2) is 10.9 Å². The van der Waals surface area contributed by atoms with E-state index in [0.717, 1.165) is 11.3 Å². The van der Waals surface area contributed by atoms with E-state index in [1.54, 1.807) is 0 Å². The smallest absolute Gasteiger partial charge is 0.248 e. The van der Waals surface area contributed by atoms with Gasteiger partial charge >= 0.3 is 0 Å². The van der Waals surface area contributed by atoms with E-state index in [0.29, 0.717) is 0 Å². The molecule has 0 radical (unpaired) electrons. The summed E-state index contributed by atoms with van der Waals surface area (Å²) in [6.45, 7) is 1.87. The number of fused-ring (bicyclic) bond motifs is 1. The highest BCUT2D eigenvalue weighted by Gasteiger charge is 2.31. The van der Waals surface area contributed by atoms with Crippen molar-refractivity contribution in [1.29, 1.82) is 0 Å². The fraction of sp³-hybridized carbons (Fsp3) is 0.222. The Bertz CT molecular complexity index is 304. The molecule has 1 amide bonds. The highest BCUT2D eigenvalue weighted by atomic mass is 16.2. The lowest BCUT2D eigenvalue weighted by Crippen LogP contribution is -2.34. The lowest BCUT2D eigenvalue weighted by molar-refractivity contribution is -0.119. The van der Waals surface area contributed by atoms with Gasteiger partial charge in [-0.3, -0.25) is 4.79 Å². The lowest BCUT2D eigenvalue weighted by atomic mass is 10.0. The summed E-state index contributed by atoms with van der Waals surface area (Å²) in [6, 6.07) is 7.59. The molecule has 12 heavy (non-hydrogen) atoms. The van der Waals surface area contributed by atoms with Crippen LogP contribution in [0.15, 0.2) is 24.3 Å². The van der Waals surface area contributed by atoms with Crippen LogP contribution in [0.25, 0.3) is 0 Å². The van der Waals surface area contributed by atoms with Crippen LogP contribution in [-0.2, 0) is 4.79 Å². The number of carbonyl (C=O) groups is 1. The Morgan fingerprint density at radius 3 is 2.75 bits per heavy atom. The minimum absolute atomic E-state index is 0.0313. The molecule has 3 nitrogen and oxygen atoms in total. The Morgan fingerprint density at radius 1 is 1.42 bits per heavy atom. The van der Waals surface area contributed by atoms with Crippen LogP contribution in [-0.4, -0.2) is 5.91 Å². The monoisotopic (exact) mass is 162 g/mol. The maximum atomic E-state index is 11.4. The van der Waals surface area contributed by atoms with Gasteiger partial charge in [-0.05, 0) is 18.6 Å². The maximum absolute atomic E-state index is 11.4. The summed E-state index contributed by atoms with van der Waals surface area (Å²) >= 11 is 0. The topological polar surface area (TPSA) is 46.3 Å². The number of hydrazine groups is 1. The van der Waals surface area contributed by atoms with Crippen LogP contribution in [0.2, 0.25) is 0 Å². The molecule has 0 saturated carbocycles. The zero-order valence-electron chi connectivity index (χ0n) is 6.82. The summed E-state index contributed by atoms with van der Waals surface area (Å²) in [5.41, 5.74) is 1.85. The molecule has 0 bridgehead atoms. The van der Waals surface area contributed by atoms with Crippen molar-refractivity contribution in [3.63, 3.8) is 0 Å². The molecule has 1 unspecified atom stereocenters. The number of amides is 1. The van der Waals surface area contributed by atoms with Crippen LogP contribution in [0.1, 0.15) is 18.4 Å². The van der Waals surface area contributed by atoms with Crippen molar-refractivity contribution in [3.8, 4) is 0 Å². The number of carbonyl (C=O) groups excluding carboxylic acids is 1. The normalized spacial score (nSPS) is 21.3. The zero-order valence-corrected chi connectivity index (χ0v) is 6.82. The lowest BCUT2D eigenvalue weighted by Gasteiger charge is -2.08. The molecule has 0 spiro atoms. The number of nitrogens with two attached hydrogens (primary N) is 1. The van der Waals surface area contributed by atoms with Gasteiger partial charge in [-0.15, -0.1) is 0 Å². The largest absolute Gasteiger partial charge is 0.272 e. The van der Waals surface area contributed by atoms with Crippen LogP contribution >= 0.6 is 0 Å². The van der Waals surface area contributed by atoms with Crippen molar-refractivity contribution in [2.75, 3.05) is 5.01 Å². The zero-order chi connectivity index (χ0) is 8.72. The van der Waals surface area contributed by atoms with E-state index in [1.807, 2.05) is 31.2 Å². The third kappa shape index (κ3) is 0.769. The minimum atomic E-state index is -0.0915. The maximum Gasteiger partial charge on any atom is 0.248 e. The highest BCUT2D eigenvalue weighted by Crippen LogP contribution is 2.34. The first-order chi connectivity index (χ1) is 5.72. The molecule has 1 heterocycles. The van der Waals surface area contributed by atoms with Crippen LogP contribution in [0.5, 0.6) is 0 Å². The fourth-order valence-corrected chi connectivity index (χ4v) is 1.53. The van der Waals surface area contributed by atoms with Gasteiger partial charge < -0.3 is 0 Å². The number of hydrogen-bond acceptors (Lipinski definition) is 2. The van der Waals surface area contributed by atoms with Crippen LogP contribution in [0.4, 0.5) is 5.69 Å². The summed E-state index contributed by atoms with van der Waals surface area (Å²) in [4.78, 5) is 11.4. The Kier molecular flexibility index (Phi) is 1.41. The molecule has 1 atom stereocenters. The number of rotatable bonds is 0. The highest BCUT2D eigenvalue weighted by molar-refractivity contribution is 6.03.